The highest BCUT2D eigenvalue weighted by Crippen LogP contribution is 2.31. The molecule has 2 rings (SSSR count). The van der Waals surface area contributed by atoms with Crippen LogP contribution in [-0.2, 0) is 14.3 Å². The standard InChI is InChI=1S/C22H40O3/c23-22-18-14-10-5-3-1-2-4-8-12-16-20-21(25-20)17-13-9-6-7-11-15-19-24-22/h20-21H,1-19H2. The molecule has 2 unspecified atom stereocenters. The Morgan fingerprint density at radius 3 is 1.56 bits per heavy atom. The van der Waals surface area contributed by atoms with Gasteiger partial charge in [0.2, 0.25) is 0 Å². The highest BCUT2D eigenvalue weighted by Gasteiger charge is 2.36. The fourth-order valence-corrected chi connectivity index (χ4v) is 3.95. The fraction of sp³-hybridized carbons (Fsp3) is 0.955. The third-order valence-electron chi connectivity index (χ3n) is 5.70. The summed E-state index contributed by atoms with van der Waals surface area (Å²) in [7, 11) is 0. The summed E-state index contributed by atoms with van der Waals surface area (Å²) in [4.78, 5) is 11.7. The third-order valence-corrected chi connectivity index (χ3v) is 5.70. The van der Waals surface area contributed by atoms with Crippen LogP contribution in [0.4, 0.5) is 0 Å². The van der Waals surface area contributed by atoms with Crippen molar-refractivity contribution in [3.63, 3.8) is 0 Å². The molecule has 0 aliphatic carbocycles. The Hall–Kier alpha value is -0.570. The van der Waals surface area contributed by atoms with E-state index in [1.807, 2.05) is 0 Å². The molecule has 25 heavy (non-hydrogen) atoms. The molecule has 0 N–H and O–H groups in total. The molecule has 3 heteroatoms. The van der Waals surface area contributed by atoms with Crippen LogP contribution in [0.15, 0.2) is 0 Å². The van der Waals surface area contributed by atoms with Gasteiger partial charge in [-0.1, -0.05) is 83.5 Å². The summed E-state index contributed by atoms with van der Waals surface area (Å²) in [6, 6.07) is 0. The summed E-state index contributed by atoms with van der Waals surface area (Å²) in [5.74, 6) is 0.0115. The summed E-state index contributed by atoms with van der Waals surface area (Å²) in [5, 5.41) is 0. The normalized spacial score (nSPS) is 30.0. The lowest BCUT2D eigenvalue weighted by molar-refractivity contribution is -0.143. The van der Waals surface area contributed by atoms with Crippen molar-refractivity contribution < 1.29 is 14.3 Å². The van der Waals surface area contributed by atoms with Crippen LogP contribution in [0.5, 0.6) is 0 Å². The zero-order valence-electron chi connectivity index (χ0n) is 16.3. The number of hydrogen-bond acceptors (Lipinski definition) is 3. The second kappa shape index (κ2) is 13.6. The summed E-state index contributed by atoms with van der Waals surface area (Å²) in [6.07, 6.45) is 23.4. The predicted octanol–water partition coefficient (Wildman–Crippen LogP) is 6.33. The first-order valence-corrected chi connectivity index (χ1v) is 11.2. The van der Waals surface area contributed by atoms with Crippen molar-refractivity contribution in [3.8, 4) is 0 Å². The molecule has 0 aromatic carbocycles. The number of carbonyl (C=O) groups is 1. The molecule has 146 valence electrons. The molecule has 0 bridgehead atoms. The van der Waals surface area contributed by atoms with Gasteiger partial charge in [0.15, 0.2) is 0 Å². The molecule has 0 radical (unpaired) electrons. The summed E-state index contributed by atoms with van der Waals surface area (Å²) >= 11 is 0. The molecule has 0 amide bonds. The van der Waals surface area contributed by atoms with Crippen LogP contribution in [0.1, 0.15) is 116 Å². The van der Waals surface area contributed by atoms with Crippen LogP contribution in [0.25, 0.3) is 0 Å². The minimum absolute atomic E-state index is 0.0115. The first-order chi connectivity index (χ1) is 12.4. The Bertz CT molecular complexity index is 342. The lowest BCUT2D eigenvalue weighted by atomic mass is 10.0. The van der Waals surface area contributed by atoms with Gasteiger partial charge in [-0.2, -0.15) is 0 Å². The summed E-state index contributed by atoms with van der Waals surface area (Å²) in [5.41, 5.74) is 0. The number of esters is 1. The van der Waals surface area contributed by atoms with Gasteiger partial charge in [-0.15, -0.1) is 0 Å². The van der Waals surface area contributed by atoms with Gasteiger partial charge in [0.1, 0.15) is 0 Å². The molecule has 2 fully saturated rings. The van der Waals surface area contributed by atoms with Crippen LogP contribution in [0, 0.1) is 0 Å². The maximum absolute atomic E-state index is 11.7. The van der Waals surface area contributed by atoms with Gasteiger partial charge in [0.25, 0.3) is 0 Å². The van der Waals surface area contributed by atoms with Gasteiger partial charge in [0, 0.05) is 6.42 Å². The largest absolute Gasteiger partial charge is 0.466 e. The van der Waals surface area contributed by atoms with Crippen LogP contribution in [0.2, 0.25) is 0 Å². The van der Waals surface area contributed by atoms with Crippen molar-refractivity contribution in [3.05, 3.63) is 0 Å². The van der Waals surface area contributed by atoms with E-state index in [-0.39, 0.29) is 5.97 Å². The minimum atomic E-state index is 0.0115. The summed E-state index contributed by atoms with van der Waals surface area (Å²) in [6.45, 7) is 0.621. The average Bonchev–Trinajstić information content (AvgIpc) is 3.35. The van der Waals surface area contributed by atoms with E-state index in [0.717, 1.165) is 12.8 Å². The van der Waals surface area contributed by atoms with Gasteiger partial charge in [-0.3, -0.25) is 4.79 Å². The van der Waals surface area contributed by atoms with Crippen molar-refractivity contribution in [1.29, 1.82) is 0 Å². The van der Waals surface area contributed by atoms with Gasteiger partial charge in [0.05, 0.1) is 18.8 Å². The molecule has 2 saturated heterocycles. The maximum atomic E-state index is 11.7. The quantitative estimate of drug-likeness (QED) is 0.377. The number of epoxide rings is 1. The van der Waals surface area contributed by atoms with E-state index in [1.165, 1.54) is 96.3 Å². The van der Waals surface area contributed by atoms with E-state index >= 15 is 0 Å². The Labute approximate surface area is 155 Å². The highest BCUT2D eigenvalue weighted by atomic mass is 16.6. The van der Waals surface area contributed by atoms with E-state index in [4.69, 9.17) is 9.47 Å². The minimum Gasteiger partial charge on any atom is -0.466 e. The second-order valence-corrected chi connectivity index (χ2v) is 8.06. The lowest BCUT2D eigenvalue weighted by Crippen LogP contribution is -2.05. The zero-order valence-corrected chi connectivity index (χ0v) is 16.3. The van der Waals surface area contributed by atoms with E-state index < -0.39 is 0 Å². The molecule has 2 aliphatic rings. The number of cyclic esters (lactones) is 1. The molecular formula is C22H40O3. The van der Waals surface area contributed by atoms with E-state index in [0.29, 0.717) is 25.2 Å². The monoisotopic (exact) mass is 352 g/mol. The summed E-state index contributed by atoms with van der Waals surface area (Å²) < 4.78 is 11.1. The average molecular weight is 353 g/mol. The maximum Gasteiger partial charge on any atom is 0.305 e. The van der Waals surface area contributed by atoms with Gasteiger partial charge in [-0.05, 0) is 25.7 Å². The van der Waals surface area contributed by atoms with Crippen molar-refractivity contribution in [2.24, 2.45) is 0 Å². The molecule has 0 aromatic heterocycles. The van der Waals surface area contributed by atoms with Crippen LogP contribution in [-0.4, -0.2) is 24.8 Å². The van der Waals surface area contributed by atoms with Crippen LogP contribution in [0.3, 0.4) is 0 Å². The number of ether oxygens (including phenoxy) is 2. The Kier molecular flexibility index (Phi) is 11.3. The molecular weight excluding hydrogens is 312 g/mol. The number of hydrogen-bond donors (Lipinski definition) is 0. The van der Waals surface area contributed by atoms with E-state index in [1.54, 1.807) is 0 Å². The fourth-order valence-electron chi connectivity index (χ4n) is 3.95. The van der Waals surface area contributed by atoms with Crippen LogP contribution < -0.4 is 0 Å². The smallest absolute Gasteiger partial charge is 0.305 e. The Balaban J connectivity index is 1.55. The molecule has 0 spiro atoms. The number of carbonyl (C=O) groups excluding carboxylic acids is 1. The Morgan fingerprint density at radius 1 is 0.560 bits per heavy atom. The van der Waals surface area contributed by atoms with E-state index in [9.17, 15) is 4.79 Å². The molecule has 0 saturated carbocycles. The van der Waals surface area contributed by atoms with Crippen molar-refractivity contribution >= 4 is 5.97 Å². The van der Waals surface area contributed by atoms with Gasteiger partial charge >= 0.3 is 5.97 Å². The van der Waals surface area contributed by atoms with Gasteiger partial charge in [-0.25, -0.2) is 0 Å². The van der Waals surface area contributed by atoms with Gasteiger partial charge < -0.3 is 9.47 Å². The van der Waals surface area contributed by atoms with Crippen molar-refractivity contribution in [2.75, 3.05) is 6.61 Å². The molecule has 2 aliphatic heterocycles. The predicted molar refractivity (Wildman–Crippen MR) is 103 cm³/mol. The molecule has 0 aromatic rings. The molecule has 2 heterocycles. The third kappa shape index (κ3) is 10.9. The zero-order chi connectivity index (χ0) is 17.6. The highest BCUT2D eigenvalue weighted by molar-refractivity contribution is 5.69. The number of rotatable bonds is 0. The number of fused-ring (bicyclic) bond motifs is 1. The first-order valence-electron chi connectivity index (χ1n) is 11.2. The Morgan fingerprint density at radius 2 is 1.00 bits per heavy atom. The first kappa shape index (κ1) is 20.7. The second-order valence-electron chi connectivity index (χ2n) is 8.06. The SMILES string of the molecule is O=C1CCCCCCCCCCCC2OC2CCCCCCCCO1. The van der Waals surface area contributed by atoms with Crippen molar-refractivity contribution in [1.82, 2.24) is 0 Å². The van der Waals surface area contributed by atoms with Crippen molar-refractivity contribution in [2.45, 2.75) is 128 Å². The lowest BCUT2D eigenvalue weighted by Gasteiger charge is -2.05. The topological polar surface area (TPSA) is 38.8 Å². The molecule has 3 nitrogen and oxygen atoms in total. The van der Waals surface area contributed by atoms with E-state index in [2.05, 4.69) is 0 Å². The van der Waals surface area contributed by atoms with Crippen LogP contribution >= 0.6 is 0 Å². The molecule has 2 atom stereocenters.